The maximum Gasteiger partial charge on any atom is 0.314 e. The highest BCUT2D eigenvalue weighted by atomic mass is 28.4. The number of fused-ring (bicyclic) bond motifs is 1. The van der Waals surface area contributed by atoms with Crippen molar-refractivity contribution in [1.29, 1.82) is 0 Å². The average Bonchev–Trinajstić information content (AvgIpc) is 3.32. The minimum atomic E-state index is -2.02. The van der Waals surface area contributed by atoms with E-state index in [0.29, 0.717) is 24.4 Å². The van der Waals surface area contributed by atoms with Gasteiger partial charge in [-0.05, 0) is 130 Å². The van der Waals surface area contributed by atoms with E-state index in [4.69, 9.17) is 13.6 Å². The van der Waals surface area contributed by atoms with Crippen LogP contribution in [0.2, 0.25) is 36.3 Å². The van der Waals surface area contributed by atoms with E-state index in [-0.39, 0.29) is 33.7 Å². The van der Waals surface area contributed by atoms with Crippen molar-refractivity contribution in [2.75, 3.05) is 6.61 Å². The third-order valence-corrected chi connectivity index (χ3v) is 22.6. The van der Waals surface area contributed by atoms with Gasteiger partial charge in [-0.3, -0.25) is 4.79 Å². The van der Waals surface area contributed by atoms with Gasteiger partial charge >= 0.3 is 5.97 Å². The molecule has 0 amide bonds. The van der Waals surface area contributed by atoms with Crippen LogP contribution >= 0.6 is 0 Å². The predicted molar refractivity (Wildman–Crippen MR) is 212 cm³/mol. The summed E-state index contributed by atoms with van der Waals surface area (Å²) in [7, 11) is -3.98. The van der Waals surface area contributed by atoms with E-state index in [9.17, 15) is 9.90 Å². The van der Waals surface area contributed by atoms with Gasteiger partial charge in [0.05, 0.1) is 30.3 Å². The second-order valence-corrected chi connectivity index (χ2v) is 29.0. The van der Waals surface area contributed by atoms with Crippen LogP contribution in [0.25, 0.3) is 0 Å². The van der Waals surface area contributed by atoms with Gasteiger partial charge in [0.2, 0.25) is 0 Å². The van der Waals surface area contributed by atoms with Gasteiger partial charge in [0.25, 0.3) is 0 Å². The van der Waals surface area contributed by atoms with E-state index in [1.807, 2.05) is 6.08 Å². The van der Waals surface area contributed by atoms with Gasteiger partial charge < -0.3 is 18.7 Å². The number of allylic oxidation sites excluding steroid dienone is 4. The lowest BCUT2D eigenvalue weighted by Gasteiger charge is -2.45. The number of hydrogen-bond acceptors (Lipinski definition) is 5. The second-order valence-electron chi connectivity index (χ2n) is 19.5. The van der Waals surface area contributed by atoms with E-state index < -0.39 is 28.2 Å². The van der Waals surface area contributed by atoms with Crippen molar-refractivity contribution < 1.29 is 23.5 Å². The molecule has 0 unspecified atom stereocenters. The second kappa shape index (κ2) is 15.4. The Hall–Kier alpha value is -1.26. The summed E-state index contributed by atoms with van der Waals surface area (Å²) in [5.41, 5.74) is 3.24. The molecule has 3 aliphatic rings. The third-order valence-electron chi connectivity index (χ3n) is 13.5. The average molecular weight is 715 g/mol. The van der Waals surface area contributed by atoms with E-state index >= 15 is 0 Å². The summed E-state index contributed by atoms with van der Waals surface area (Å²) in [6.07, 6.45) is 15.8. The maximum absolute atomic E-state index is 12.5. The first-order chi connectivity index (χ1) is 22.3. The molecular formula is C42H74O5Si2. The zero-order chi connectivity index (χ0) is 37.4. The Labute approximate surface area is 303 Å². The lowest BCUT2D eigenvalue weighted by atomic mass is 9.61. The summed E-state index contributed by atoms with van der Waals surface area (Å²) in [5, 5.41) is 11.2. The molecule has 0 bridgehead atoms. The van der Waals surface area contributed by atoms with Crippen LogP contribution in [-0.4, -0.2) is 52.6 Å². The van der Waals surface area contributed by atoms with Crippen LogP contribution in [0.1, 0.15) is 121 Å². The Bertz CT molecular complexity index is 1280. The molecule has 280 valence electrons. The quantitative estimate of drug-likeness (QED) is 0.131. The lowest BCUT2D eigenvalue weighted by molar-refractivity contribution is -0.158. The summed E-state index contributed by atoms with van der Waals surface area (Å²) in [6, 6.07) is 0. The standard InChI is InChI=1S/C42H74O5Si2/c1-17-45-38(44)41(10,11)37(43)25-20-29(2)34-23-24-35-31(19-18-26-42(34,35)12)21-22-32-27-33(46-48(13,14)39(4,5)6)28-36(30(32)3)47-49(15,16)40(7,8)9/h20-22,25,29,33-37,43H,3,17-19,23-24,26-28H2,1-2,4-16H3/b25-20+,31-21+,32-22+/t29-,33-,34-,35+,36+,37+,42-/m1/s1. The third kappa shape index (κ3) is 9.41. The van der Waals surface area contributed by atoms with Gasteiger partial charge in [0.15, 0.2) is 16.6 Å². The summed E-state index contributed by atoms with van der Waals surface area (Å²) in [6.45, 7) is 38.4. The lowest BCUT2D eigenvalue weighted by Crippen LogP contribution is -2.49. The molecule has 0 radical (unpaired) electrons. The van der Waals surface area contributed by atoms with E-state index in [1.165, 1.54) is 31.3 Å². The molecule has 0 aromatic carbocycles. The number of rotatable bonds is 11. The van der Waals surface area contributed by atoms with Crippen molar-refractivity contribution in [3.05, 3.63) is 47.6 Å². The molecule has 7 heteroatoms. The highest BCUT2D eigenvalue weighted by Gasteiger charge is 2.51. The van der Waals surface area contributed by atoms with E-state index in [0.717, 1.165) is 24.8 Å². The Morgan fingerprint density at radius 3 is 2.14 bits per heavy atom. The first-order valence-corrected chi connectivity index (χ1v) is 25.1. The molecule has 0 heterocycles. The van der Waals surface area contributed by atoms with Gasteiger partial charge in [-0.2, -0.15) is 0 Å². The van der Waals surface area contributed by atoms with Crippen LogP contribution in [-0.2, 0) is 18.4 Å². The number of esters is 1. The highest BCUT2D eigenvalue weighted by molar-refractivity contribution is 6.74. The number of aliphatic hydroxyl groups is 1. The smallest absolute Gasteiger partial charge is 0.314 e. The molecule has 7 atom stereocenters. The minimum Gasteiger partial charge on any atom is -0.465 e. The number of hydrogen-bond donors (Lipinski definition) is 1. The first kappa shape index (κ1) is 42.2. The topological polar surface area (TPSA) is 65.0 Å². The van der Waals surface area contributed by atoms with Crippen molar-refractivity contribution in [3.63, 3.8) is 0 Å². The number of carbonyl (C=O) groups excluding carboxylic acids is 1. The summed E-state index contributed by atoms with van der Waals surface area (Å²) in [4.78, 5) is 12.5. The van der Waals surface area contributed by atoms with Crippen molar-refractivity contribution in [1.82, 2.24) is 0 Å². The number of ether oxygens (including phenoxy) is 1. The number of carbonyl (C=O) groups is 1. The zero-order valence-electron chi connectivity index (χ0n) is 34.2. The Kier molecular flexibility index (Phi) is 13.2. The fourth-order valence-electron chi connectivity index (χ4n) is 8.00. The van der Waals surface area contributed by atoms with Crippen LogP contribution in [0.5, 0.6) is 0 Å². The SMILES string of the molecule is C=C1/C(=C/C=C2\CCC[C@]3(C)[C@@H]([C@H](C)/C=C/[C@H](O)C(C)(C)C(=O)OCC)CC[C@@H]23)C[C@@H](O[Si](C)(C)C(C)(C)C)C[C@@H]1O[Si](C)(C)C(C)(C)C. The monoisotopic (exact) mass is 715 g/mol. The molecule has 0 aromatic rings. The van der Waals surface area contributed by atoms with Crippen LogP contribution in [0.15, 0.2) is 47.6 Å². The van der Waals surface area contributed by atoms with Crippen LogP contribution in [0.3, 0.4) is 0 Å². The molecule has 3 rings (SSSR count). The zero-order valence-corrected chi connectivity index (χ0v) is 36.2. The molecule has 5 nitrogen and oxygen atoms in total. The highest BCUT2D eigenvalue weighted by Crippen LogP contribution is 2.59. The minimum absolute atomic E-state index is 0.0154. The fourth-order valence-corrected chi connectivity index (χ4v) is 10.7. The van der Waals surface area contributed by atoms with Crippen molar-refractivity contribution >= 4 is 22.6 Å². The van der Waals surface area contributed by atoms with Crippen molar-refractivity contribution in [2.24, 2.45) is 28.6 Å². The Balaban J connectivity index is 1.87. The molecule has 3 aliphatic carbocycles. The molecule has 0 saturated heterocycles. The molecule has 0 aliphatic heterocycles. The largest absolute Gasteiger partial charge is 0.465 e. The predicted octanol–water partition coefficient (Wildman–Crippen LogP) is 11.3. The fraction of sp³-hybridized carbons (Fsp3) is 0.786. The molecule has 49 heavy (non-hydrogen) atoms. The van der Waals surface area contributed by atoms with Crippen molar-refractivity contribution in [3.8, 4) is 0 Å². The van der Waals surface area contributed by atoms with E-state index in [2.05, 4.69) is 106 Å². The summed E-state index contributed by atoms with van der Waals surface area (Å²) in [5.74, 6) is 1.02. The van der Waals surface area contributed by atoms with E-state index in [1.54, 1.807) is 26.3 Å². The van der Waals surface area contributed by atoms with Gasteiger partial charge in [0, 0.05) is 6.42 Å². The Morgan fingerprint density at radius 1 is 0.980 bits per heavy atom. The molecule has 3 saturated carbocycles. The summed E-state index contributed by atoms with van der Waals surface area (Å²) >= 11 is 0. The van der Waals surface area contributed by atoms with Crippen LogP contribution in [0, 0.1) is 28.6 Å². The molecule has 0 aromatic heterocycles. The molecular weight excluding hydrogens is 641 g/mol. The molecule has 1 N–H and O–H groups in total. The van der Waals surface area contributed by atoms with Gasteiger partial charge in [-0.15, -0.1) is 0 Å². The molecule has 3 fully saturated rings. The normalized spacial score (nSPS) is 30.6. The van der Waals surface area contributed by atoms with Gasteiger partial charge in [-0.25, -0.2) is 0 Å². The maximum atomic E-state index is 12.5. The van der Waals surface area contributed by atoms with Crippen LogP contribution < -0.4 is 0 Å². The van der Waals surface area contributed by atoms with Gasteiger partial charge in [0.1, 0.15) is 0 Å². The van der Waals surface area contributed by atoms with Crippen LogP contribution in [0.4, 0.5) is 0 Å². The van der Waals surface area contributed by atoms with Crippen molar-refractivity contribution in [2.45, 2.75) is 176 Å². The van der Waals surface area contributed by atoms with Gasteiger partial charge in [-0.1, -0.05) is 91.8 Å². The summed E-state index contributed by atoms with van der Waals surface area (Å²) < 4.78 is 19.4. The first-order valence-electron chi connectivity index (χ1n) is 19.3. The Morgan fingerprint density at radius 2 is 1.57 bits per heavy atom. The molecule has 0 spiro atoms. The number of aliphatic hydroxyl groups excluding tert-OH is 1.